The van der Waals surface area contributed by atoms with Crippen LogP contribution in [0.3, 0.4) is 0 Å². The average molecular weight is 260 g/mol. The molecule has 0 aromatic carbocycles. The minimum Gasteiger partial charge on any atom is -0.469 e. The van der Waals surface area contributed by atoms with Crippen LogP contribution in [-0.2, 0) is 6.42 Å². The van der Waals surface area contributed by atoms with Crippen LogP contribution in [0.1, 0.15) is 23.0 Å². The Labute approximate surface area is 110 Å². The Morgan fingerprint density at radius 1 is 1.58 bits per heavy atom. The highest BCUT2D eigenvalue weighted by atomic mass is 16.3. The highest BCUT2D eigenvalue weighted by Gasteiger charge is 2.10. The lowest BCUT2D eigenvalue weighted by Crippen LogP contribution is -2.20. The molecule has 6 heteroatoms. The zero-order chi connectivity index (χ0) is 13.8. The molecular weight excluding hydrogens is 244 g/mol. The maximum Gasteiger partial charge on any atom is 0.250 e. The summed E-state index contributed by atoms with van der Waals surface area (Å²) in [6.45, 7) is 1.99. The average Bonchev–Trinajstić information content (AvgIpc) is 2.84. The van der Waals surface area contributed by atoms with Crippen LogP contribution in [0.25, 0.3) is 0 Å². The van der Waals surface area contributed by atoms with Gasteiger partial charge in [0.05, 0.1) is 23.7 Å². The van der Waals surface area contributed by atoms with E-state index < -0.39 is 5.91 Å². The fraction of sp³-hybridized carbons (Fsp3) is 0.231. The lowest BCUT2D eigenvalue weighted by molar-refractivity contribution is 0.100. The third kappa shape index (κ3) is 3.25. The number of nitrogens with one attached hydrogen (secondary N) is 1. The maximum absolute atomic E-state index is 11.2. The van der Waals surface area contributed by atoms with E-state index in [1.165, 1.54) is 6.20 Å². The Hall–Kier alpha value is -2.50. The van der Waals surface area contributed by atoms with E-state index in [1.807, 2.05) is 19.1 Å². The van der Waals surface area contributed by atoms with Gasteiger partial charge in [-0.2, -0.15) is 0 Å². The molecule has 0 aliphatic carbocycles. The fourth-order valence-electron chi connectivity index (χ4n) is 1.79. The molecule has 1 amide bonds. The standard InChI is InChI=1S/C13H16N4O2/c1-8(5-9-3-2-4-19-9)17-12-6-10(13(15)18)11(14)7-16-12/h2-4,6-8H,5,14H2,1H3,(H2,15,18)(H,16,17). The zero-order valence-electron chi connectivity index (χ0n) is 10.6. The van der Waals surface area contributed by atoms with Crippen molar-refractivity contribution < 1.29 is 9.21 Å². The molecule has 5 N–H and O–H groups in total. The second-order valence-electron chi connectivity index (χ2n) is 4.35. The van der Waals surface area contributed by atoms with Gasteiger partial charge in [0.15, 0.2) is 0 Å². The van der Waals surface area contributed by atoms with E-state index in [0.717, 1.165) is 5.76 Å². The lowest BCUT2D eigenvalue weighted by Gasteiger charge is -2.14. The van der Waals surface area contributed by atoms with Gasteiger partial charge >= 0.3 is 0 Å². The highest BCUT2D eigenvalue weighted by molar-refractivity contribution is 5.98. The Kier molecular flexibility index (Phi) is 3.70. The Morgan fingerprint density at radius 3 is 3.00 bits per heavy atom. The molecule has 0 fully saturated rings. The number of pyridine rings is 1. The van der Waals surface area contributed by atoms with Crippen molar-refractivity contribution in [2.24, 2.45) is 5.73 Å². The number of nitrogen functional groups attached to an aromatic ring is 1. The first kappa shape index (κ1) is 12.9. The first-order chi connectivity index (χ1) is 9.06. The summed E-state index contributed by atoms with van der Waals surface area (Å²) in [6, 6.07) is 5.40. The van der Waals surface area contributed by atoms with Gasteiger partial charge in [0.25, 0.3) is 5.91 Å². The number of amides is 1. The molecule has 19 heavy (non-hydrogen) atoms. The Bertz CT molecular complexity index is 566. The van der Waals surface area contributed by atoms with Crippen LogP contribution in [0, 0.1) is 0 Å². The highest BCUT2D eigenvalue weighted by Crippen LogP contribution is 2.16. The van der Waals surface area contributed by atoms with E-state index in [0.29, 0.717) is 12.2 Å². The molecular formula is C13H16N4O2. The summed E-state index contributed by atoms with van der Waals surface area (Å²) >= 11 is 0. The minimum absolute atomic E-state index is 0.100. The number of anilines is 2. The summed E-state index contributed by atoms with van der Waals surface area (Å²) in [6.07, 6.45) is 3.77. The number of aromatic nitrogens is 1. The normalized spacial score (nSPS) is 12.1. The van der Waals surface area contributed by atoms with Crippen LogP contribution in [0.2, 0.25) is 0 Å². The van der Waals surface area contributed by atoms with Crippen molar-refractivity contribution in [3.05, 3.63) is 42.0 Å². The topological polar surface area (TPSA) is 107 Å². The summed E-state index contributed by atoms with van der Waals surface area (Å²) in [5, 5.41) is 3.17. The maximum atomic E-state index is 11.2. The van der Waals surface area contributed by atoms with Crippen molar-refractivity contribution in [3.8, 4) is 0 Å². The van der Waals surface area contributed by atoms with Gasteiger partial charge in [-0.25, -0.2) is 4.98 Å². The van der Waals surface area contributed by atoms with Gasteiger partial charge < -0.3 is 21.2 Å². The molecule has 0 radical (unpaired) electrons. The molecule has 0 spiro atoms. The van der Waals surface area contributed by atoms with Gasteiger partial charge in [0.2, 0.25) is 0 Å². The molecule has 0 saturated heterocycles. The molecule has 2 rings (SSSR count). The van der Waals surface area contributed by atoms with E-state index in [2.05, 4.69) is 10.3 Å². The number of furan rings is 1. The second-order valence-corrected chi connectivity index (χ2v) is 4.35. The van der Waals surface area contributed by atoms with Gasteiger partial charge in [-0.15, -0.1) is 0 Å². The number of hydrogen-bond donors (Lipinski definition) is 3. The predicted molar refractivity (Wildman–Crippen MR) is 72.7 cm³/mol. The van der Waals surface area contributed by atoms with Crippen molar-refractivity contribution in [1.29, 1.82) is 0 Å². The monoisotopic (exact) mass is 260 g/mol. The number of rotatable bonds is 5. The summed E-state index contributed by atoms with van der Waals surface area (Å²) in [4.78, 5) is 15.3. The SMILES string of the molecule is CC(Cc1ccco1)Nc1cc(C(N)=O)c(N)cn1. The van der Waals surface area contributed by atoms with Crippen LogP contribution in [0.15, 0.2) is 35.1 Å². The first-order valence-corrected chi connectivity index (χ1v) is 5.90. The fourth-order valence-corrected chi connectivity index (χ4v) is 1.79. The van der Waals surface area contributed by atoms with E-state index in [9.17, 15) is 4.79 Å². The molecule has 0 saturated carbocycles. The summed E-state index contributed by atoms with van der Waals surface area (Å²) in [5.41, 5.74) is 11.4. The molecule has 0 aliphatic rings. The van der Waals surface area contributed by atoms with Crippen LogP contribution in [0.4, 0.5) is 11.5 Å². The second kappa shape index (κ2) is 5.43. The lowest BCUT2D eigenvalue weighted by atomic mass is 10.2. The summed E-state index contributed by atoms with van der Waals surface area (Å²) in [7, 11) is 0. The van der Waals surface area contributed by atoms with E-state index in [1.54, 1.807) is 12.3 Å². The molecule has 2 heterocycles. The van der Waals surface area contributed by atoms with Gasteiger partial charge in [-0.3, -0.25) is 4.79 Å². The number of hydrogen-bond acceptors (Lipinski definition) is 5. The van der Waals surface area contributed by atoms with Crippen LogP contribution in [0.5, 0.6) is 0 Å². The molecule has 2 aromatic heterocycles. The molecule has 0 bridgehead atoms. The number of carbonyl (C=O) groups is 1. The van der Waals surface area contributed by atoms with Crippen LogP contribution >= 0.6 is 0 Å². The molecule has 100 valence electrons. The number of carbonyl (C=O) groups excluding carboxylic acids is 1. The molecule has 0 aliphatic heterocycles. The quantitative estimate of drug-likeness (QED) is 0.753. The number of primary amides is 1. The van der Waals surface area contributed by atoms with Crippen LogP contribution < -0.4 is 16.8 Å². The van der Waals surface area contributed by atoms with E-state index in [4.69, 9.17) is 15.9 Å². The van der Waals surface area contributed by atoms with E-state index in [-0.39, 0.29) is 17.3 Å². The third-order valence-electron chi connectivity index (χ3n) is 2.68. The summed E-state index contributed by atoms with van der Waals surface area (Å²) in [5.74, 6) is 0.870. The predicted octanol–water partition coefficient (Wildman–Crippen LogP) is 1.40. The van der Waals surface area contributed by atoms with Gasteiger partial charge in [-0.1, -0.05) is 0 Å². The van der Waals surface area contributed by atoms with Crippen molar-refractivity contribution in [2.45, 2.75) is 19.4 Å². The summed E-state index contributed by atoms with van der Waals surface area (Å²) < 4.78 is 5.27. The van der Waals surface area contributed by atoms with Crippen molar-refractivity contribution in [2.75, 3.05) is 11.1 Å². The van der Waals surface area contributed by atoms with Gasteiger partial charge in [0.1, 0.15) is 11.6 Å². The smallest absolute Gasteiger partial charge is 0.250 e. The minimum atomic E-state index is -0.568. The first-order valence-electron chi connectivity index (χ1n) is 5.90. The molecule has 6 nitrogen and oxygen atoms in total. The van der Waals surface area contributed by atoms with Crippen molar-refractivity contribution >= 4 is 17.4 Å². The largest absolute Gasteiger partial charge is 0.469 e. The number of nitrogens with zero attached hydrogens (tertiary/aromatic N) is 1. The Morgan fingerprint density at radius 2 is 2.37 bits per heavy atom. The number of nitrogens with two attached hydrogens (primary N) is 2. The van der Waals surface area contributed by atoms with Crippen molar-refractivity contribution in [3.63, 3.8) is 0 Å². The molecule has 2 aromatic rings. The van der Waals surface area contributed by atoms with Gasteiger partial charge in [0, 0.05) is 12.5 Å². The third-order valence-corrected chi connectivity index (χ3v) is 2.68. The van der Waals surface area contributed by atoms with E-state index >= 15 is 0 Å². The Balaban J connectivity index is 2.06. The van der Waals surface area contributed by atoms with Crippen molar-refractivity contribution in [1.82, 2.24) is 4.98 Å². The molecule has 1 unspecified atom stereocenters. The zero-order valence-corrected chi connectivity index (χ0v) is 10.6. The van der Waals surface area contributed by atoms with Crippen LogP contribution in [-0.4, -0.2) is 16.9 Å². The van der Waals surface area contributed by atoms with Gasteiger partial charge in [-0.05, 0) is 25.1 Å². The molecule has 1 atom stereocenters.